The van der Waals surface area contributed by atoms with E-state index in [1.165, 1.54) is 0 Å². The summed E-state index contributed by atoms with van der Waals surface area (Å²) in [6.07, 6.45) is -1.28. The van der Waals surface area contributed by atoms with Gasteiger partial charge in [-0.1, -0.05) is 54.6 Å². The first-order chi connectivity index (χ1) is 19.5. The van der Waals surface area contributed by atoms with E-state index in [9.17, 15) is 14.4 Å². The smallest absolute Gasteiger partial charge is 0.345 e. The molecule has 0 saturated heterocycles. The summed E-state index contributed by atoms with van der Waals surface area (Å²) in [7, 11) is 0. The van der Waals surface area contributed by atoms with Gasteiger partial charge in [-0.05, 0) is 36.4 Å². The van der Waals surface area contributed by atoms with Crippen LogP contribution in [-0.2, 0) is 28.6 Å². The van der Waals surface area contributed by atoms with Gasteiger partial charge in [0.15, 0.2) is 5.60 Å². The quantitative estimate of drug-likeness (QED) is 0.151. The second kappa shape index (κ2) is 16.8. The minimum Gasteiger partial charge on any atom is -0.426 e. The highest BCUT2D eigenvalue weighted by atomic mass is 16.6. The van der Waals surface area contributed by atoms with Gasteiger partial charge < -0.3 is 33.5 Å². The van der Waals surface area contributed by atoms with Gasteiger partial charge in [0.2, 0.25) is 0 Å². The monoisotopic (exact) mass is 552 g/mol. The molecule has 1 N–H and O–H groups in total. The Morgan fingerprint density at radius 1 is 0.550 bits per heavy atom. The van der Waals surface area contributed by atoms with Gasteiger partial charge in [-0.15, -0.1) is 0 Å². The topological polar surface area (TPSA) is 127 Å². The second-order valence-corrected chi connectivity index (χ2v) is 8.42. The van der Waals surface area contributed by atoms with Gasteiger partial charge in [-0.3, -0.25) is 9.59 Å². The molecule has 0 aliphatic carbocycles. The number of aliphatic hydroxyl groups excluding tert-OH is 1. The maximum atomic E-state index is 13.6. The van der Waals surface area contributed by atoms with Crippen LogP contribution in [0.5, 0.6) is 17.2 Å². The molecule has 0 radical (unpaired) electrons. The van der Waals surface area contributed by atoms with Crippen molar-refractivity contribution < 1.29 is 47.9 Å². The summed E-state index contributed by atoms with van der Waals surface area (Å²) in [5.41, 5.74) is -2.09. The molecule has 0 heterocycles. The summed E-state index contributed by atoms with van der Waals surface area (Å²) in [5.74, 6) is -1.89. The highest BCUT2D eigenvalue weighted by Gasteiger charge is 2.47. The van der Waals surface area contributed by atoms with Crippen LogP contribution < -0.4 is 14.2 Å². The van der Waals surface area contributed by atoms with Gasteiger partial charge in [0.05, 0.1) is 52.5 Å². The number of hydrogen-bond acceptors (Lipinski definition) is 10. The zero-order chi connectivity index (χ0) is 28.5. The minimum absolute atomic E-state index is 0.0182. The van der Waals surface area contributed by atoms with Gasteiger partial charge in [-0.25, -0.2) is 4.79 Å². The number of benzene rings is 3. The maximum absolute atomic E-state index is 13.6. The Morgan fingerprint density at radius 2 is 0.950 bits per heavy atom. The molecule has 0 saturated carbocycles. The van der Waals surface area contributed by atoms with Crippen LogP contribution in [-0.4, -0.2) is 68.3 Å². The predicted octanol–water partition coefficient (Wildman–Crippen LogP) is 3.36. The van der Waals surface area contributed by atoms with Crippen molar-refractivity contribution in [3.8, 4) is 17.2 Å². The summed E-state index contributed by atoms with van der Waals surface area (Å²) in [5, 5.41) is 8.78. The van der Waals surface area contributed by atoms with Crippen molar-refractivity contribution in [2.45, 2.75) is 18.4 Å². The summed E-state index contributed by atoms with van der Waals surface area (Å²) < 4.78 is 32.9. The number of ether oxygens (including phenoxy) is 6. The molecule has 0 aliphatic heterocycles. The van der Waals surface area contributed by atoms with Crippen LogP contribution in [0.3, 0.4) is 0 Å². The lowest BCUT2D eigenvalue weighted by Gasteiger charge is -2.30. The third-order valence-corrected chi connectivity index (χ3v) is 5.35. The van der Waals surface area contributed by atoms with E-state index in [0.717, 1.165) is 0 Å². The lowest BCUT2D eigenvalue weighted by Crippen LogP contribution is -2.49. The Hall–Kier alpha value is -4.09. The lowest BCUT2D eigenvalue weighted by molar-refractivity contribution is -0.176. The number of esters is 3. The van der Waals surface area contributed by atoms with E-state index in [-0.39, 0.29) is 56.9 Å². The van der Waals surface area contributed by atoms with Crippen LogP contribution in [0.2, 0.25) is 0 Å². The average Bonchev–Trinajstić information content (AvgIpc) is 2.96. The van der Waals surface area contributed by atoms with Gasteiger partial charge in [-0.2, -0.15) is 0 Å². The normalized spacial score (nSPS) is 11.0. The molecular formula is C30H32O10. The number of aliphatic hydroxyl groups is 1. The van der Waals surface area contributed by atoms with Crippen molar-refractivity contribution >= 4 is 17.9 Å². The van der Waals surface area contributed by atoms with E-state index in [1.54, 1.807) is 91.0 Å². The van der Waals surface area contributed by atoms with Gasteiger partial charge in [0.1, 0.15) is 17.2 Å². The van der Waals surface area contributed by atoms with Crippen molar-refractivity contribution in [2.24, 2.45) is 0 Å². The van der Waals surface area contributed by atoms with E-state index < -0.39 is 36.4 Å². The molecule has 40 heavy (non-hydrogen) atoms. The molecule has 3 rings (SSSR count). The fourth-order valence-electron chi connectivity index (χ4n) is 3.52. The van der Waals surface area contributed by atoms with Crippen molar-refractivity contribution in [1.29, 1.82) is 0 Å². The Kier molecular flexibility index (Phi) is 12.8. The standard InChI is InChI=1S/C30H32O10/c31-16-17-35-18-19-36-20-21-37-30(29(34)40-26-14-8-3-9-15-26,22-27(32)38-24-10-4-1-5-11-24)23-28(33)39-25-12-6-2-7-13-25/h1-15,31H,16-23H2. The Morgan fingerprint density at radius 3 is 1.40 bits per heavy atom. The van der Waals surface area contributed by atoms with E-state index >= 15 is 0 Å². The lowest BCUT2D eigenvalue weighted by atomic mass is 9.95. The van der Waals surface area contributed by atoms with E-state index in [1.807, 2.05) is 0 Å². The van der Waals surface area contributed by atoms with Crippen LogP contribution in [0.15, 0.2) is 91.0 Å². The molecule has 0 bridgehead atoms. The highest BCUT2D eigenvalue weighted by Crippen LogP contribution is 2.27. The molecule has 0 aliphatic rings. The van der Waals surface area contributed by atoms with Crippen LogP contribution in [0, 0.1) is 0 Å². The predicted molar refractivity (Wildman–Crippen MR) is 143 cm³/mol. The minimum atomic E-state index is -2.09. The van der Waals surface area contributed by atoms with Gasteiger partial charge in [0.25, 0.3) is 0 Å². The van der Waals surface area contributed by atoms with Gasteiger partial charge in [0, 0.05) is 0 Å². The SMILES string of the molecule is O=C(CC(CC(=O)Oc1ccccc1)(OCCOCCOCCO)C(=O)Oc1ccccc1)Oc1ccccc1. The Labute approximate surface area is 232 Å². The molecule has 10 heteroatoms. The van der Waals surface area contributed by atoms with Crippen LogP contribution in [0.1, 0.15) is 12.8 Å². The summed E-state index contributed by atoms with van der Waals surface area (Å²) in [4.78, 5) is 39.7. The maximum Gasteiger partial charge on any atom is 0.345 e. The molecular weight excluding hydrogens is 520 g/mol. The molecule has 3 aromatic rings. The molecule has 0 atom stereocenters. The highest BCUT2D eigenvalue weighted by molar-refractivity contribution is 5.92. The molecule has 212 valence electrons. The molecule has 0 fully saturated rings. The van der Waals surface area contributed by atoms with E-state index in [2.05, 4.69) is 0 Å². The van der Waals surface area contributed by atoms with Crippen LogP contribution in [0.25, 0.3) is 0 Å². The molecule has 10 nitrogen and oxygen atoms in total. The summed E-state index contributed by atoms with van der Waals surface area (Å²) in [6, 6.07) is 24.8. The zero-order valence-electron chi connectivity index (χ0n) is 21.9. The first-order valence-electron chi connectivity index (χ1n) is 12.7. The van der Waals surface area contributed by atoms with Crippen molar-refractivity contribution in [1.82, 2.24) is 0 Å². The molecule has 0 amide bonds. The van der Waals surface area contributed by atoms with E-state index in [0.29, 0.717) is 0 Å². The fraction of sp³-hybridized carbons (Fsp3) is 0.300. The Bertz CT molecular complexity index is 1110. The van der Waals surface area contributed by atoms with Crippen molar-refractivity contribution in [2.75, 3.05) is 39.6 Å². The fourth-order valence-corrected chi connectivity index (χ4v) is 3.52. The number of para-hydroxylation sites is 3. The second-order valence-electron chi connectivity index (χ2n) is 8.42. The largest absolute Gasteiger partial charge is 0.426 e. The third kappa shape index (κ3) is 10.6. The first kappa shape index (κ1) is 30.5. The van der Waals surface area contributed by atoms with Crippen LogP contribution in [0.4, 0.5) is 0 Å². The van der Waals surface area contributed by atoms with Gasteiger partial charge >= 0.3 is 17.9 Å². The molecule has 0 aromatic heterocycles. The summed E-state index contributed by atoms with van der Waals surface area (Å²) in [6.45, 7) is 0.381. The number of rotatable bonds is 17. The van der Waals surface area contributed by atoms with Crippen molar-refractivity contribution in [3.63, 3.8) is 0 Å². The zero-order valence-corrected chi connectivity index (χ0v) is 21.9. The summed E-state index contributed by atoms with van der Waals surface area (Å²) >= 11 is 0. The number of carbonyl (C=O) groups is 3. The molecule has 0 unspecified atom stereocenters. The average molecular weight is 553 g/mol. The first-order valence-corrected chi connectivity index (χ1v) is 12.7. The molecule has 3 aromatic carbocycles. The van der Waals surface area contributed by atoms with Crippen molar-refractivity contribution in [3.05, 3.63) is 91.0 Å². The number of carbonyl (C=O) groups excluding carboxylic acids is 3. The molecule has 0 spiro atoms. The third-order valence-electron chi connectivity index (χ3n) is 5.35. The van der Waals surface area contributed by atoms with Crippen LogP contribution >= 0.6 is 0 Å². The number of hydrogen-bond donors (Lipinski definition) is 1. The Balaban J connectivity index is 1.80. The van der Waals surface area contributed by atoms with E-state index in [4.69, 9.17) is 33.5 Å².